The second kappa shape index (κ2) is 5.39. The molecular weight excluding hydrogens is 306 g/mol. The first-order chi connectivity index (χ1) is 10.1. The lowest BCUT2D eigenvalue weighted by atomic mass is 10.1. The standard InChI is InChI=1S/C16H12ClNO2S/c17-21(19,20)15-11-10-12-6-4-5-9-14(12)16(15)18-13-7-2-1-3-8-13/h1-11,18H. The number of halogens is 1. The first-order valence-electron chi connectivity index (χ1n) is 6.34. The Morgan fingerprint density at radius 3 is 2.19 bits per heavy atom. The van der Waals surface area contributed by atoms with Crippen LogP contribution in [0.25, 0.3) is 10.8 Å². The Bertz CT molecular complexity index is 893. The van der Waals surface area contributed by atoms with Gasteiger partial charge in [-0.15, -0.1) is 0 Å². The first kappa shape index (κ1) is 13.9. The highest BCUT2D eigenvalue weighted by Crippen LogP contribution is 2.34. The van der Waals surface area contributed by atoms with Gasteiger partial charge < -0.3 is 5.32 Å². The van der Waals surface area contributed by atoms with E-state index in [4.69, 9.17) is 10.7 Å². The predicted molar refractivity (Wildman–Crippen MR) is 86.7 cm³/mol. The molecule has 0 amide bonds. The highest BCUT2D eigenvalue weighted by atomic mass is 35.7. The molecule has 0 aliphatic carbocycles. The maximum absolute atomic E-state index is 11.8. The van der Waals surface area contributed by atoms with Crippen LogP contribution in [-0.4, -0.2) is 8.42 Å². The molecule has 5 heteroatoms. The monoisotopic (exact) mass is 317 g/mol. The number of hydrogen-bond acceptors (Lipinski definition) is 3. The van der Waals surface area contributed by atoms with E-state index in [-0.39, 0.29) is 4.90 Å². The van der Waals surface area contributed by atoms with Crippen molar-refractivity contribution in [3.8, 4) is 0 Å². The fourth-order valence-electron chi connectivity index (χ4n) is 2.25. The molecule has 0 atom stereocenters. The molecule has 3 nitrogen and oxygen atoms in total. The summed E-state index contributed by atoms with van der Waals surface area (Å²) in [6.07, 6.45) is 0. The first-order valence-corrected chi connectivity index (χ1v) is 8.65. The molecule has 0 aromatic heterocycles. The third-order valence-corrected chi connectivity index (χ3v) is 4.56. The Balaban J connectivity index is 2.26. The molecule has 3 aromatic rings. The van der Waals surface area contributed by atoms with Crippen molar-refractivity contribution in [2.24, 2.45) is 0 Å². The predicted octanol–water partition coefficient (Wildman–Crippen LogP) is 4.51. The van der Waals surface area contributed by atoms with Crippen LogP contribution in [0.5, 0.6) is 0 Å². The minimum atomic E-state index is -3.84. The minimum absolute atomic E-state index is 0.0757. The summed E-state index contributed by atoms with van der Waals surface area (Å²) < 4.78 is 23.6. The van der Waals surface area contributed by atoms with E-state index in [2.05, 4.69) is 5.32 Å². The molecule has 0 radical (unpaired) electrons. The molecule has 0 unspecified atom stereocenters. The van der Waals surface area contributed by atoms with Crippen molar-refractivity contribution < 1.29 is 8.42 Å². The van der Waals surface area contributed by atoms with Crippen molar-refractivity contribution >= 4 is 41.9 Å². The summed E-state index contributed by atoms with van der Waals surface area (Å²) in [5, 5.41) is 4.91. The van der Waals surface area contributed by atoms with Crippen molar-refractivity contribution in [1.82, 2.24) is 0 Å². The normalized spacial score (nSPS) is 11.5. The van der Waals surface area contributed by atoms with Crippen LogP contribution < -0.4 is 5.32 Å². The number of para-hydroxylation sites is 1. The molecule has 3 aromatic carbocycles. The summed E-state index contributed by atoms with van der Waals surface area (Å²) >= 11 is 0. The lowest BCUT2D eigenvalue weighted by molar-refractivity contribution is 0.610. The van der Waals surface area contributed by atoms with Gasteiger partial charge in [0.15, 0.2) is 0 Å². The Kier molecular flexibility index (Phi) is 3.57. The second-order valence-electron chi connectivity index (χ2n) is 4.59. The van der Waals surface area contributed by atoms with E-state index in [1.807, 2.05) is 54.6 Å². The molecule has 0 fully saturated rings. The Morgan fingerprint density at radius 1 is 0.810 bits per heavy atom. The van der Waals surface area contributed by atoms with Gasteiger partial charge in [0.2, 0.25) is 0 Å². The summed E-state index contributed by atoms with van der Waals surface area (Å²) in [6, 6.07) is 20.2. The van der Waals surface area contributed by atoms with E-state index in [9.17, 15) is 8.42 Å². The minimum Gasteiger partial charge on any atom is -0.354 e. The average molecular weight is 318 g/mol. The summed E-state index contributed by atoms with van der Waals surface area (Å²) in [5.41, 5.74) is 1.30. The van der Waals surface area contributed by atoms with Crippen LogP contribution in [0.4, 0.5) is 11.4 Å². The second-order valence-corrected chi connectivity index (χ2v) is 7.12. The SMILES string of the molecule is O=S(=O)(Cl)c1ccc2ccccc2c1Nc1ccccc1. The van der Waals surface area contributed by atoms with Gasteiger partial charge in [0.1, 0.15) is 4.90 Å². The van der Waals surface area contributed by atoms with E-state index >= 15 is 0 Å². The fraction of sp³-hybridized carbons (Fsp3) is 0. The van der Waals surface area contributed by atoms with Gasteiger partial charge in [-0.2, -0.15) is 0 Å². The van der Waals surface area contributed by atoms with Crippen molar-refractivity contribution in [1.29, 1.82) is 0 Å². The van der Waals surface area contributed by atoms with Gasteiger partial charge in [-0.3, -0.25) is 0 Å². The summed E-state index contributed by atoms with van der Waals surface area (Å²) in [7, 11) is 1.73. The van der Waals surface area contributed by atoms with Gasteiger partial charge in [-0.25, -0.2) is 8.42 Å². The molecule has 21 heavy (non-hydrogen) atoms. The third-order valence-electron chi connectivity index (χ3n) is 3.20. The van der Waals surface area contributed by atoms with Crippen LogP contribution in [0.2, 0.25) is 0 Å². The highest BCUT2D eigenvalue weighted by Gasteiger charge is 2.18. The van der Waals surface area contributed by atoms with Gasteiger partial charge in [0, 0.05) is 21.8 Å². The molecule has 1 N–H and O–H groups in total. The lowest BCUT2D eigenvalue weighted by Gasteiger charge is -2.13. The van der Waals surface area contributed by atoms with Crippen LogP contribution in [0.3, 0.4) is 0 Å². The molecule has 0 saturated carbocycles. The molecule has 0 aliphatic heterocycles. The number of anilines is 2. The molecule has 106 valence electrons. The van der Waals surface area contributed by atoms with Crippen molar-refractivity contribution in [3.63, 3.8) is 0 Å². The van der Waals surface area contributed by atoms with Gasteiger partial charge in [-0.1, -0.05) is 48.5 Å². The van der Waals surface area contributed by atoms with Crippen LogP contribution in [0, 0.1) is 0 Å². The fourth-order valence-corrected chi connectivity index (χ4v) is 3.27. The zero-order chi connectivity index (χ0) is 14.9. The largest absolute Gasteiger partial charge is 0.354 e. The van der Waals surface area contributed by atoms with Gasteiger partial charge in [-0.05, 0) is 23.6 Å². The molecule has 0 heterocycles. The van der Waals surface area contributed by atoms with Gasteiger partial charge >= 0.3 is 0 Å². The summed E-state index contributed by atoms with van der Waals surface area (Å²) in [4.78, 5) is 0.0757. The topological polar surface area (TPSA) is 46.2 Å². The van der Waals surface area contributed by atoms with Crippen LogP contribution in [0.15, 0.2) is 71.6 Å². The van der Waals surface area contributed by atoms with Crippen molar-refractivity contribution in [3.05, 3.63) is 66.7 Å². The maximum Gasteiger partial charge on any atom is 0.263 e. The maximum atomic E-state index is 11.8. The molecule has 3 rings (SSSR count). The zero-order valence-corrected chi connectivity index (χ0v) is 12.5. The quantitative estimate of drug-likeness (QED) is 0.723. The molecular formula is C16H12ClNO2S. The Labute approximate surface area is 127 Å². The molecule has 0 spiro atoms. The zero-order valence-electron chi connectivity index (χ0n) is 11.0. The van der Waals surface area contributed by atoms with E-state index in [0.29, 0.717) is 5.69 Å². The highest BCUT2D eigenvalue weighted by molar-refractivity contribution is 8.13. The lowest BCUT2D eigenvalue weighted by Crippen LogP contribution is -2.00. The van der Waals surface area contributed by atoms with Gasteiger partial charge in [0.25, 0.3) is 9.05 Å². The average Bonchev–Trinajstić information content (AvgIpc) is 2.47. The van der Waals surface area contributed by atoms with E-state index in [1.165, 1.54) is 6.07 Å². The number of benzene rings is 3. The van der Waals surface area contributed by atoms with Crippen LogP contribution >= 0.6 is 10.7 Å². The van der Waals surface area contributed by atoms with Crippen molar-refractivity contribution in [2.45, 2.75) is 4.90 Å². The molecule has 0 aliphatic rings. The Morgan fingerprint density at radius 2 is 1.48 bits per heavy atom. The van der Waals surface area contributed by atoms with E-state index < -0.39 is 9.05 Å². The Hall–Kier alpha value is -2.04. The number of fused-ring (bicyclic) bond motifs is 1. The summed E-state index contributed by atoms with van der Waals surface area (Å²) in [5.74, 6) is 0. The van der Waals surface area contributed by atoms with E-state index in [0.717, 1.165) is 16.5 Å². The number of hydrogen-bond donors (Lipinski definition) is 1. The molecule has 0 bridgehead atoms. The summed E-state index contributed by atoms with van der Waals surface area (Å²) in [6.45, 7) is 0. The number of nitrogens with one attached hydrogen (secondary N) is 1. The van der Waals surface area contributed by atoms with E-state index in [1.54, 1.807) is 6.07 Å². The van der Waals surface area contributed by atoms with Crippen molar-refractivity contribution in [2.75, 3.05) is 5.32 Å². The van der Waals surface area contributed by atoms with Crippen LogP contribution in [0.1, 0.15) is 0 Å². The molecule has 0 saturated heterocycles. The smallest absolute Gasteiger partial charge is 0.263 e. The van der Waals surface area contributed by atoms with Gasteiger partial charge in [0.05, 0.1) is 5.69 Å². The number of rotatable bonds is 3. The third kappa shape index (κ3) is 2.86. The van der Waals surface area contributed by atoms with Crippen LogP contribution in [-0.2, 0) is 9.05 Å².